The van der Waals surface area contributed by atoms with Crippen molar-refractivity contribution in [2.24, 2.45) is 0 Å². The molecule has 9 heteroatoms. The Kier molecular flexibility index (Phi) is 9.58. The molecule has 1 aromatic rings. The van der Waals surface area contributed by atoms with Crippen molar-refractivity contribution in [3.05, 3.63) is 24.2 Å². The Hall–Kier alpha value is -2.10. The molecule has 3 rings (SSSR count). The Morgan fingerprint density at radius 1 is 1.18 bits per heavy atom. The van der Waals surface area contributed by atoms with Crippen molar-refractivity contribution in [3.8, 4) is 0 Å². The summed E-state index contributed by atoms with van der Waals surface area (Å²) in [5, 5.41) is 3.01. The number of nitrogens with one attached hydrogen (secondary N) is 1. The van der Waals surface area contributed by atoms with E-state index in [2.05, 4.69) is 10.2 Å². The maximum absolute atomic E-state index is 13.4. The van der Waals surface area contributed by atoms with Gasteiger partial charge in [0.15, 0.2) is 0 Å². The minimum atomic E-state index is -0.381. The largest absolute Gasteiger partial charge is 0.467 e. The number of morpholine rings is 1. The van der Waals surface area contributed by atoms with Crippen LogP contribution in [0.15, 0.2) is 22.8 Å². The molecule has 0 aliphatic carbocycles. The molecule has 3 heterocycles. The fourth-order valence-electron chi connectivity index (χ4n) is 4.10. The van der Waals surface area contributed by atoms with Gasteiger partial charge in [-0.05, 0) is 52.2 Å². The molecule has 0 radical (unpaired) electrons. The normalized spacial score (nSPS) is 19.4. The molecular weight excluding hydrogens is 424 g/mol. The zero-order valence-corrected chi connectivity index (χ0v) is 20.4. The fourth-order valence-corrected chi connectivity index (χ4v) is 4.10. The van der Waals surface area contributed by atoms with Crippen molar-refractivity contribution < 1.29 is 23.5 Å². The van der Waals surface area contributed by atoms with Crippen LogP contribution in [-0.4, -0.2) is 97.4 Å². The first-order valence-electron chi connectivity index (χ1n) is 12.1. The lowest BCUT2D eigenvalue weighted by molar-refractivity contribution is -0.134. The van der Waals surface area contributed by atoms with E-state index in [-0.39, 0.29) is 30.1 Å². The highest BCUT2D eigenvalue weighted by Gasteiger charge is 2.27. The number of furan rings is 1. The van der Waals surface area contributed by atoms with Crippen LogP contribution in [-0.2, 0) is 20.8 Å². The molecule has 2 saturated heterocycles. The SMILES string of the molecule is CC(C)(C)NC(=O)N(CCCN1CCOCC1)CC(=O)N(Cc1ccco1)CC1CCCO1. The Balaban J connectivity index is 1.62. The summed E-state index contributed by atoms with van der Waals surface area (Å²) in [5.74, 6) is 0.622. The van der Waals surface area contributed by atoms with E-state index in [0.29, 0.717) is 19.6 Å². The third kappa shape index (κ3) is 8.98. The van der Waals surface area contributed by atoms with Gasteiger partial charge in [0.2, 0.25) is 5.91 Å². The van der Waals surface area contributed by atoms with Gasteiger partial charge < -0.3 is 29.0 Å². The summed E-state index contributed by atoms with van der Waals surface area (Å²) in [6.07, 6.45) is 4.39. The molecule has 1 unspecified atom stereocenters. The number of hydrogen-bond acceptors (Lipinski definition) is 6. The number of amides is 3. The zero-order valence-electron chi connectivity index (χ0n) is 20.4. The predicted molar refractivity (Wildman–Crippen MR) is 125 cm³/mol. The van der Waals surface area contributed by atoms with Crippen LogP contribution in [0, 0.1) is 0 Å². The lowest BCUT2D eigenvalue weighted by Crippen LogP contribution is -2.52. The molecule has 3 amide bonds. The Morgan fingerprint density at radius 3 is 2.61 bits per heavy atom. The van der Waals surface area contributed by atoms with Crippen LogP contribution < -0.4 is 5.32 Å². The van der Waals surface area contributed by atoms with Crippen molar-refractivity contribution in [3.63, 3.8) is 0 Å². The Labute approximate surface area is 197 Å². The molecule has 2 aliphatic rings. The van der Waals surface area contributed by atoms with E-state index in [4.69, 9.17) is 13.9 Å². The van der Waals surface area contributed by atoms with Crippen molar-refractivity contribution in [2.45, 2.75) is 58.2 Å². The van der Waals surface area contributed by atoms with E-state index in [1.807, 2.05) is 32.9 Å². The molecule has 0 aromatic carbocycles. The molecule has 1 atom stereocenters. The van der Waals surface area contributed by atoms with Crippen LogP contribution in [0.4, 0.5) is 4.79 Å². The molecule has 2 fully saturated rings. The van der Waals surface area contributed by atoms with Gasteiger partial charge in [-0.2, -0.15) is 0 Å². The number of ether oxygens (including phenoxy) is 2. The smallest absolute Gasteiger partial charge is 0.318 e. The van der Waals surface area contributed by atoms with Crippen molar-refractivity contribution >= 4 is 11.9 Å². The number of carbonyl (C=O) groups is 2. The summed E-state index contributed by atoms with van der Waals surface area (Å²) in [5.41, 5.74) is -0.381. The van der Waals surface area contributed by atoms with E-state index >= 15 is 0 Å². The van der Waals surface area contributed by atoms with E-state index < -0.39 is 0 Å². The van der Waals surface area contributed by atoms with Gasteiger partial charge in [0.1, 0.15) is 12.3 Å². The highest BCUT2D eigenvalue weighted by molar-refractivity contribution is 5.84. The molecule has 9 nitrogen and oxygen atoms in total. The van der Waals surface area contributed by atoms with Crippen molar-refractivity contribution in [1.29, 1.82) is 0 Å². The monoisotopic (exact) mass is 464 g/mol. The van der Waals surface area contributed by atoms with Gasteiger partial charge in [-0.15, -0.1) is 0 Å². The number of carbonyl (C=O) groups excluding carboxylic acids is 2. The van der Waals surface area contributed by atoms with Gasteiger partial charge in [0, 0.05) is 44.9 Å². The van der Waals surface area contributed by atoms with Crippen molar-refractivity contribution in [1.82, 2.24) is 20.0 Å². The van der Waals surface area contributed by atoms with Gasteiger partial charge in [-0.3, -0.25) is 9.69 Å². The summed E-state index contributed by atoms with van der Waals surface area (Å²) in [7, 11) is 0. The third-order valence-electron chi connectivity index (χ3n) is 5.83. The van der Waals surface area contributed by atoms with E-state index in [0.717, 1.165) is 64.5 Å². The Bertz CT molecular complexity index is 722. The van der Waals surface area contributed by atoms with E-state index in [9.17, 15) is 9.59 Å². The van der Waals surface area contributed by atoms with Crippen LogP contribution in [0.25, 0.3) is 0 Å². The molecule has 0 saturated carbocycles. The molecule has 186 valence electrons. The van der Waals surface area contributed by atoms with Gasteiger partial charge in [0.25, 0.3) is 0 Å². The maximum Gasteiger partial charge on any atom is 0.318 e. The minimum absolute atomic E-state index is 0.0262. The lowest BCUT2D eigenvalue weighted by Gasteiger charge is -2.32. The summed E-state index contributed by atoms with van der Waals surface area (Å²) in [6, 6.07) is 3.47. The molecular formula is C24H40N4O5. The summed E-state index contributed by atoms with van der Waals surface area (Å²) in [6.45, 7) is 12.2. The van der Waals surface area contributed by atoms with E-state index in [1.54, 1.807) is 16.1 Å². The first-order valence-corrected chi connectivity index (χ1v) is 12.1. The number of hydrogen-bond donors (Lipinski definition) is 1. The van der Waals surface area contributed by atoms with Crippen molar-refractivity contribution in [2.75, 3.05) is 59.1 Å². The van der Waals surface area contributed by atoms with Crippen LogP contribution in [0.1, 0.15) is 45.8 Å². The molecule has 33 heavy (non-hydrogen) atoms. The fraction of sp³-hybridized carbons (Fsp3) is 0.750. The number of rotatable bonds is 10. The number of urea groups is 1. The second-order valence-electron chi connectivity index (χ2n) is 9.90. The average molecular weight is 465 g/mol. The zero-order chi connectivity index (χ0) is 23.7. The first kappa shape index (κ1) is 25.5. The third-order valence-corrected chi connectivity index (χ3v) is 5.83. The highest BCUT2D eigenvalue weighted by atomic mass is 16.5. The molecule has 0 bridgehead atoms. The molecule has 0 spiro atoms. The van der Waals surface area contributed by atoms with Gasteiger partial charge in [-0.1, -0.05) is 0 Å². The van der Waals surface area contributed by atoms with E-state index in [1.165, 1.54) is 0 Å². The number of nitrogens with zero attached hydrogens (tertiary/aromatic N) is 3. The molecule has 1 aromatic heterocycles. The first-order chi connectivity index (χ1) is 15.8. The second-order valence-corrected chi connectivity index (χ2v) is 9.90. The topological polar surface area (TPSA) is 87.5 Å². The summed E-state index contributed by atoms with van der Waals surface area (Å²) in [4.78, 5) is 32.1. The molecule has 2 aliphatic heterocycles. The highest BCUT2D eigenvalue weighted by Crippen LogP contribution is 2.16. The summed E-state index contributed by atoms with van der Waals surface area (Å²) < 4.78 is 16.7. The van der Waals surface area contributed by atoms with Crippen LogP contribution in [0.5, 0.6) is 0 Å². The summed E-state index contributed by atoms with van der Waals surface area (Å²) >= 11 is 0. The lowest BCUT2D eigenvalue weighted by atomic mass is 10.1. The minimum Gasteiger partial charge on any atom is -0.467 e. The van der Waals surface area contributed by atoms with Gasteiger partial charge in [0.05, 0.1) is 32.1 Å². The van der Waals surface area contributed by atoms with Crippen LogP contribution in [0.2, 0.25) is 0 Å². The van der Waals surface area contributed by atoms with Crippen LogP contribution in [0.3, 0.4) is 0 Å². The Morgan fingerprint density at radius 2 is 1.97 bits per heavy atom. The van der Waals surface area contributed by atoms with Crippen LogP contribution >= 0.6 is 0 Å². The molecule has 1 N–H and O–H groups in total. The second kappa shape index (κ2) is 12.4. The average Bonchev–Trinajstić information content (AvgIpc) is 3.46. The maximum atomic E-state index is 13.4. The standard InChI is InChI=1S/C24H40N4O5/c1-24(2,3)25-23(30)27(10-6-9-26-11-15-31-16-12-26)19-22(29)28(17-20-7-4-13-32-20)18-21-8-5-14-33-21/h4,7,13,21H,5-6,8-12,14-19H2,1-3H3,(H,25,30). The van der Waals surface area contributed by atoms with Gasteiger partial charge in [-0.25, -0.2) is 4.79 Å². The quantitative estimate of drug-likeness (QED) is 0.572. The van der Waals surface area contributed by atoms with Gasteiger partial charge >= 0.3 is 6.03 Å². The predicted octanol–water partition coefficient (Wildman–Crippen LogP) is 2.32.